The summed E-state index contributed by atoms with van der Waals surface area (Å²) < 4.78 is 0. The van der Waals surface area contributed by atoms with Gasteiger partial charge in [-0.25, -0.2) is 0 Å². The second-order valence-corrected chi connectivity index (χ2v) is 6.43. The zero-order valence-corrected chi connectivity index (χ0v) is 13.9. The summed E-state index contributed by atoms with van der Waals surface area (Å²) in [7, 11) is 0. The summed E-state index contributed by atoms with van der Waals surface area (Å²) in [4.78, 5) is 0. The van der Waals surface area contributed by atoms with Crippen molar-refractivity contribution in [3.8, 4) is 0 Å². The highest BCUT2D eigenvalue weighted by Gasteiger charge is 2.11. The van der Waals surface area contributed by atoms with Crippen molar-refractivity contribution in [2.45, 2.75) is 59.8 Å². The monoisotopic (exact) mass is 272 g/mol. The van der Waals surface area contributed by atoms with Gasteiger partial charge in [0.25, 0.3) is 0 Å². The van der Waals surface area contributed by atoms with E-state index in [9.17, 15) is 0 Å². The maximum atomic E-state index is 3.97. The molecule has 0 nitrogen and oxygen atoms in total. The van der Waals surface area contributed by atoms with Gasteiger partial charge in [-0.3, -0.25) is 0 Å². The van der Waals surface area contributed by atoms with Crippen molar-refractivity contribution in [1.29, 1.82) is 0 Å². The van der Waals surface area contributed by atoms with Crippen molar-refractivity contribution < 1.29 is 1.43 Å². The molecule has 0 heteroatoms. The number of hydrogen-bond acceptors (Lipinski definition) is 0. The Bertz CT molecular complexity index is 451. The van der Waals surface area contributed by atoms with Crippen LogP contribution in [0.3, 0.4) is 0 Å². The second-order valence-electron chi connectivity index (χ2n) is 6.43. The minimum atomic E-state index is 0. The lowest BCUT2D eigenvalue weighted by atomic mass is 9.86. The largest absolute Gasteiger partial charge is 0.0998 e. The maximum Gasteiger partial charge on any atom is 0 e. The Balaban J connectivity index is 0.000000364. The molecule has 1 aromatic carbocycles. The van der Waals surface area contributed by atoms with E-state index in [1.54, 1.807) is 5.57 Å². The molecular weight excluding hydrogens is 240 g/mol. The minimum Gasteiger partial charge on any atom is -0.0998 e. The summed E-state index contributed by atoms with van der Waals surface area (Å²) in [6, 6.07) is 8.71. The highest BCUT2D eigenvalue weighted by molar-refractivity contribution is 5.23. The molecule has 1 aromatic rings. The number of benzene rings is 1. The zero-order valence-electron chi connectivity index (χ0n) is 13.9. The molecule has 1 aliphatic rings. The van der Waals surface area contributed by atoms with E-state index < -0.39 is 0 Å². The van der Waals surface area contributed by atoms with Gasteiger partial charge < -0.3 is 0 Å². The molecule has 0 aromatic heterocycles. The first-order valence-electron chi connectivity index (χ1n) is 7.77. The van der Waals surface area contributed by atoms with Crippen LogP contribution in [0.15, 0.2) is 48.1 Å². The molecule has 0 spiro atoms. The molecule has 2 rings (SSSR count). The molecule has 0 N–H and O–H groups in total. The summed E-state index contributed by atoms with van der Waals surface area (Å²) in [5.41, 5.74) is 5.66. The first-order valence-corrected chi connectivity index (χ1v) is 7.77. The van der Waals surface area contributed by atoms with Gasteiger partial charge in [0.15, 0.2) is 0 Å². The minimum absolute atomic E-state index is 0. The summed E-state index contributed by atoms with van der Waals surface area (Å²) >= 11 is 0. The molecule has 0 unspecified atom stereocenters. The van der Waals surface area contributed by atoms with Crippen LogP contribution in [0, 0.1) is 12.8 Å². The molecule has 0 radical (unpaired) electrons. The Morgan fingerprint density at radius 3 is 2.20 bits per heavy atom. The van der Waals surface area contributed by atoms with Crippen LogP contribution in [-0.4, -0.2) is 0 Å². The Morgan fingerprint density at radius 1 is 1.20 bits per heavy atom. The molecule has 1 aliphatic carbocycles. The summed E-state index contributed by atoms with van der Waals surface area (Å²) in [5, 5.41) is 0. The van der Waals surface area contributed by atoms with Crippen LogP contribution in [0.5, 0.6) is 0 Å². The average molecular weight is 272 g/mol. The van der Waals surface area contributed by atoms with Crippen molar-refractivity contribution in [2.75, 3.05) is 0 Å². The molecule has 0 amide bonds. The van der Waals surface area contributed by atoms with E-state index in [-0.39, 0.29) is 1.43 Å². The first-order chi connectivity index (χ1) is 9.40. The normalized spacial score (nSPS) is 18.1. The molecule has 0 heterocycles. The Labute approximate surface area is 127 Å². The second kappa shape index (κ2) is 8.09. The maximum absolute atomic E-state index is 3.97. The quantitative estimate of drug-likeness (QED) is 0.527. The van der Waals surface area contributed by atoms with Crippen LogP contribution in [0.4, 0.5) is 0 Å². The smallest absolute Gasteiger partial charge is 0 e. The van der Waals surface area contributed by atoms with Crippen LogP contribution >= 0.6 is 0 Å². The van der Waals surface area contributed by atoms with Gasteiger partial charge in [0.2, 0.25) is 0 Å². The van der Waals surface area contributed by atoms with E-state index in [0.717, 1.165) is 5.92 Å². The number of hydrogen-bond donors (Lipinski definition) is 0. The predicted molar refractivity (Wildman–Crippen MR) is 93.3 cm³/mol. The lowest BCUT2D eigenvalue weighted by Crippen LogP contribution is -2.04. The summed E-state index contributed by atoms with van der Waals surface area (Å²) in [6.07, 6.45) is 6.17. The average Bonchev–Trinajstić information content (AvgIpc) is 2.40. The predicted octanol–water partition coefficient (Wildman–Crippen LogP) is 6.67. The number of rotatable bonds is 2. The van der Waals surface area contributed by atoms with Crippen molar-refractivity contribution in [3.05, 3.63) is 59.2 Å². The summed E-state index contributed by atoms with van der Waals surface area (Å²) in [5.74, 6) is 1.42. The molecule has 1 atom stereocenters. The fourth-order valence-corrected chi connectivity index (χ4v) is 2.36. The molecule has 0 fully saturated rings. The van der Waals surface area contributed by atoms with Crippen LogP contribution in [-0.2, 0) is 0 Å². The number of allylic oxidation sites excluding steroid dienone is 3. The molecule has 0 saturated carbocycles. The first kappa shape index (κ1) is 16.8. The van der Waals surface area contributed by atoms with Gasteiger partial charge in [-0.2, -0.15) is 0 Å². The van der Waals surface area contributed by atoms with E-state index >= 15 is 0 Å². The van der Waals surface area contributed by atoms with Gasteiger partial charge in [0.1, 0.15) is 0 Å². The van der Waals surface area contributed by atoms with Crippen molar-refractivity contribution in [1.82, 2.24) is 0 Å². The Morgan fingerprint density at radius 2 is 1.80 bits per heavy atom. The summed E-state index contributed by atoms with van der Waals surface area (Å²) in [6.45, 7) is 14.9. The lowest BCUT2D eigenvalue weighted by Gasteiger charge is -2.19. The molecule has 0 aliphatic heterocycles. The van der Waals surface area contributed by atoms with Crippen LogP contribution in [0.25, 0.3) is 0 Å². The SMILES string of the molecule is C=C(C)[C@H]1CC=C(C)CC1.Cc1ccc(C(C)C)cc1.[HH]. The highest BCUT2D eigenvalue weighted by Crippen LogP contribution is 2.27. The molecule has 112 valence electrons. The van der Waals surface area contributed by atoms with E-state index in [1.165, 1.54) is 36.0 Å². The third kappa shape index (κ3) is 5.77. The zero-order chi connectivity index (χ0) is 15.1. The third-order valence-electron chi connectivity index (χ3n) is 4.08. The van der Waals surface area contributed by atoms with Gasteiger partial charge in [0.05, 0.1) is 0 Å². The van der Waals surface area contributed by atoms with Crippen LogP contribution < -0.4 is 0 Å². The van der Waals surface area contributed by atoms with Crippen LogP contribution in [0.2, 0.25) is 0 Å². The van der Waals surface area contributed by atoms with E-state index in [1.807, 2.05) is 0 Å². The molecule has 20 heavy (non-hydrogen) atoms. The van der Waals surface area contributed by atoms with Crippen molar-refractivity contribution in [3.63, 3.8) is 0 Å². The third-order valence-corrected chi connectivity index (χ3v) is 4.08. The number of aryl methyl sites for hydroxylation is 1. The van der Waals surface area contributed by atoms with Gasteiger partial charge in [-0.05, 0) is 57.4 Å². The molecule has 0 saturated heterocycles. The highest BCUT2D eigenvalue weighted by atomic mass is 14.2. The van der Waals surface area contributed by atoms with E-state index in [2.05, 4.69) is 71.5 Å². The Kier molecular flexibility index (Phi) is 6.78. The Hall–Kier alpha value is -1.30. The standard InChI is InChI=1S/C10H16.C10H14.H2/c2*1-8(2)10-6-4-9(3)5-7-10;/h4,10H,1,5-7H2,2-3H3;4-8H,1-3H3;1H/t10-;;/m0../s1. The topological polar surface area (TPSA) is 0 Å². The lowest BCUT2D eigenvalue weighted by molar-refractivity contribution is 0.540. The van der Waals surface area contributed by atoms with Gasteiger partial charge in [0, 0.05) is 1.43 Å². The van der Waals surface area contributed by atoms with Gasteiger partial charge in [-0.15, -0.1) is 0 Å². The fraction of sp³-hybridized carbons (Fsp3) is 0.500. The van der Waals surface area contributed by atoms with Crippen molar-refractivity contribution in [2.24, 2.45) is 5.92 Å². The van der Waals surface area contributed by atoms with Gasteiger partial charge in [-0.1, -0.05) is 67.5 Å². The van der Waals surface area contributed by atoms with Crippen LogP contribution in [0.1, 0.15) is 65.4 Å². The molecule has 0 bridgehead atoms. The van der Waals surface area contributed by atoms with Crippen molar-refractivity contribution >= 4 is 0 Å². The molecular formula is C20H32. The van der Waals surface area contributed by atoms with Gasteiger partial charge >= 0.3 is 0 Å². The van der Waals surface area contributed by atoms with E-state index in [0.29, 0.717) is 5.92 Å². The fourth-order valence-electron chi connectivity index (χ4n) is 2.36. The van der Waals surface area contributed by atoms with E-state index in [4.69, 9.17) is 0 Å².